The summed E-state index contributed by atoms with van der Waals surface area (Å²) in [6.07, 6.45) is 3.69. The molecule has 0 unspecified atom stereocenters. The number of aryl methyl sites for hydroxylation is 1. The highest BCUT2D eigenvalue weighted by molar-refractivity contribution is 7.12. The Hall–Kier alpha value is -1.61. The van der Waals surface area contributed by atoms with Gasteiger partial charge in [0.1, 0.15) is 5.75 Å². The number of carbonyl (C=O) groups excluding carboxylic acids is 1. The van der Waals surface area contributed by atoms with Crippen molar-refractivity contribution in [2.24, 2.45) is 0 Å². The van der Waals surface area contributed by atoms with Crippen molar-refractivity contribution < 1.29 is 9.53 Å². The number of hydrogen-bond donors (Lipinski definition) is 0. The van der Waals surface area contributed by atoms with Gasteiger partial charge in [-0.25, -0.2) is 0 Å². The Bertz CT molecular complexity index is 569. The lowest BCUT2D eigenvalue weighted by Gasteiger charge is -2.06. The van der Waals surface area contributed by atoms with Crippen LogP contribution in [0.25, 0.3) is 0 Å². The van der Waals surface area contributed by atoms with Crippen LogP contribution in [-0.2, 0) is 12.8 Å². The Morgan fingerprint density at radius 2 is 1.76 bits per heavy atom. The zero-order valence-electron chi connectivity index (χ0n) is 12.7. The Balaban J connectivity index is 1.93. The highest BCUT2D eigenvalue weighted by Crippen LogP contribution is 2.20. The topological polar surface area (TPSA) is 26.3 Å². The lowest BCUT2D eigenvalue weighted by Crippen LogP contribution is -2.02. The maximum absolute atomic E-state index is 12.2. The van der Waals surface area contributed by atoms with Crippen molar-refractivity contribution in [2.75, 3.05) is 6.61 Å². The minimum Gasteiger partial charge on any atom is -0.494 e. The zero-order valence-corrected chi connectivity index (χ0v) is 13.5. The first-order chi connectivity index (χ1) is 10.2. The predicted octanol–water partition coefficient (Wildman–Crippen LogP) is 4.91. The van der Waals surface area contributed by atoms with Gasteiger partial charge in [-0.3, -0.25) is 4.79 Å². The van der Waals surface area contributed by atoms with Crippen LogP contribution in [0, 0.1) is 0 Å². The Kier molecular flexibility index (Phi) is 6.00. The third kappa shape index (κ3) is 4.71. The number of rotatable bonds is 8. The molecule has 112 valence electrons. The van der Waals surface area contributed by atoms with Gasteiger partial charge >= 0.3 is 0 Å². The fraction of sp³-hybridized carbons (Fsp3) is 0.389. The molecule has 0 spiro atoms. The molecule has 0 fully saturated rings. The van der Waals surface area contributed by atoms with E-state index in [1.807, 2.05) is 24.3 Å². The second kappa shape index (κ2) is 7.99. The van der Waals surface area contributed by atoms with E-state index in [1.54, 1.807) is 11.3 Å². The molecule has 2 nitrogen and oxygen atoms in total. The van der Waals surface area contributed by atoms with Gasteiger partial charge in [-0.1, -0.05) is 20.3 Å². The molecular formula is C18H22O2S. The molecule has 2 aromatic rings. The third-order valence-electron chi connectivity index (χ3n) is 3.34. The van der Waals surface area contributed by atoms with Crippen LogP contribution >= 0.6 is 11.3 Å². The molecule has 0 aliphatic heterocycles. The van der Waals surface area contributed by atoms with Crippen LogP contribution in [-0.4, -0.2) is 12.4 Å². The minimum atomic E-state index is 0.166. The van der Waals surface area contributed by atoms with Crippen LogP contribution in [0.15, 0.2) is 36.4 Å². The van der Waals surface area contributed by atoms with E-state index in [9.17, 15) is 4.79 Å². The summed E-state index contributed by atoms with van der Waals surface area (Å²) in [7, 11) is 0. The molecule has 1 aromatic carbocycles. The first-order valence-electron chi connectivity index (χ1n) is 7.56. The summed E-state index contributed by atoms with van der Waals surface area (Å²) in [4.78, 5) is 14.7. The molecule has 0 N–H and O–H groups in total. The van der Waals surface area contributed by atoms with E-state index in [1.165, 1.54) is 4.88 Å². The summed E-state index contributed by atoms with van der Waals surface area (Å²) in [5.74, 6) is 1.00. The SMILES string of the molecule is CCCCOc1ccc(C(=O)Cc2ccc(CC)s2)cc1. The molecule has 0 amide bonds. The quantitative estimate of drug-likeness (QED) is 0.511. The lowest BCUT2D eigenvalue weighted by molar-refractivity contribution is 0.0994. The summed E-state index contributed by atoms with van der Waals surface area (Å²) in [6, 6.07) is 11.7. The Morgan fingerprint density at radius 1 is 1.05 bits per heavy atom. The summed E-state index contributed by atoms with van der Waals surface area (Å²) in [6.45, 7) is 5.01. The number of ketones is 1. The van der Waals surface area contributed by atoms with Crippen LogP contribution in [0.4, 0.5) is 0 Å². The van der Waals surface area contributed by atoms with Crippen molar-refractivity contribution in [2.45, 2.75) is 39.5 Å². The number of thiophene rings is 1. The average molecular weight is 302 g/mol. The molecule has 1 aromatic heterocycles. The maximum atomic E-state index is 12.2. The standard InChI is InChI=1S/C18H22O2S/c1-3-5-12-20-15-8-6-14(7-9-15)18(19)13-17-11-10-16(4-2)21-17/h6-11H,3-5,12-13H2,1-2H3. The predicted molar refractivity (Wildman–Crippen MR) is 88.6 cm³/mol. The molecule has 0 radical (unpaired) electrons. The van der Waals surface area contributed by atoms with Crippen molar-refractivity contribution in [1.29, 1.82) is 0 Å². The van der Waals surface area contributed by atoms with E-state index in [0.717, 1.165) is 42.1 Å². The van der Waals surface area contributed by atoms with Gasteiger partial charge in [0.15, 0.2) is 5.78 Å². The second-order valence-corrected chi connectivity index (χ2v) is 6.30. The van der Waals surface area contributed by atoms with Gasteiger partial charge in [0.05, 0.1) is 6.61 Å². The summed E-state index contributed by atoms with van der Waals surface area (Å²) in [5, 5.41) is 0. The monoisotopic (exact) mass is 302 g/mol. The summed E-state index contributed by atoms with van der Waals surface area (Å²) >= 11 is 1.73. The van der Waals surface area contributed by atoms with Gasteiger partial charge in [-0.05, 0) is 49.2 Å². The van der Waals surface area contributed by atoms with Crippen LogP contribution in [0.5, 0.6) is 5.75 Å². The van der Waals surface area contributed by atoms with Crippen LogP contribution in [0.2, 0.25) is 0 Å². The Labute approximate surface area is 130 Å². The van der Waals surface area contributed by atoms with Gasteiger partial charge < -0.3 is 4.74 Å². The summed E-state index contributed by atoms with van der Waals surface area (Å²) < 4.78 is 5.61. The second-order valence-electron chi connectivity index (χ2n) is 5.05. The molecule has 0 aliphatic carbocycles. The Morgan fingerprint density at radius 3 is 2.38 bits per heavy atom. The first kappa shape index (κ1) is 15.8. The average Bonchev–Trinajstić information content (AvgIpc) is 2.96. The van der Waals surface area contributed by atoms with E-state index in [2.05, 4.69) is 26.0 Å². The number of ether oxygens (including phenoxy) is 1. The van der Waals surface area contributed by atoms with E-state index < -0.39 is 0 Å². The number of carbonyl (C=O) groups is 1. The van der Waals surface area contributed by atoms with Crippen LogP contribution < -0.4 is 4.74 Å². The molecule has 21 heavy (non-hydrogen) atoms. The molecule has 0 saturated carbocycles. The maximum Gasteiger partial charge on any atom is 0.168 e. The molecule has 1 heterocycles. The third-order valence-corrected chi connectivity index (χ3v) is 4.57. The first-order valence-corrected chi connectivity index (χ1v) is 8.38. The van der Waals surface area contributed by atoms with E-state index in [0.29, 0.717) is 6.42 Å². The molecule has 2 rings (SSSR count). The zero-order chi connectivity index (χ0) is 15.1. The van der Waals surface area contributed by atoms with Crippen LogP contribution in [0.3, 0.4) is 0 Å². The van der Waals surface area contributed by atoms with Gasteiger partial charge in [0, 0.05) is 21.7 Å². The van der Waals surface area contributed by atoms with Crippen molar-refractivity contribution in [3.63, 3.8) is 0 Å². The van der Waals surface area contributed by atoms with Crippen molar-refractivity contribution in [3.8, 4) is 5.75 Å². The number of benzene rings is 1. The smallest absolute Gasteiger partial charge is 0.168 e. The molecule has 0 aliphatic rings. The van der Waals surface area contributed by atoms with Gasteiger partial charge in [-0.15, -0.1) is 11.3 Å². The van der Waals surface area contributed by atoms with E-state index >= 15 is 0 Å². The molecule has 0 bridgehead atoms. The van der Waals surface area contributed by atoms with E-state index in [4.69, 9.17) is 4.74 Å². The highest BCUT2D eigenvalue weighted by atomic mass is 32.1. The number of hydrogen-bond acceptors (Lipinski definition) is 3. The summed E-state index contributed by atoms with van der Waals surface area (Å²) in [5.41, 5.74) is 0.754. The molecule has 0 saturated heterocycles. The van der Waals surface area contributed by atoms with Gasteiger partial charge in [0.25, 0.3) is 0 Å². The van der Waals surface area contributed by atoms with Gasteiger partial charge in [-0.2, -0.15) is 0 Å². The van der Waals surface area contributed by atoms with Gasteiger partial charge in [0.2, 0.25) is 0 Å². The van der Waals surface area contributed by atoms with Crippen molar-refractivity contribution >= 4 is 17.1 Å². The lowest BCUT2D eigenvalue weighted by atomic mass is 10.1. The number of unbranched alkanes of at least 4 members (excludes halogenated alkanes) is 1. The fourth-order valence-electron chi connectivity index (χ4n) is 2.04. The fourth-order valence-corrected chi connectivity index (χ4v) is 3.00. The molecular weight excluding hydrogens is 280 g/mol. The largest absolute Gasteiger partial charge is 0.494 e. The van der Waals surface area contributed by atoms with Crippen molar-refractivity contribution in [3.05, 3.63) is 51.7 Å². The molecule has 3 heteroatoms. The van der Waals surface area contributed by atoms with E-state index in [-0.39, 0.29) is 5.78 Å². The normalized spacial score (nSPS) is 10.6. The van der Waals surface area contributed by atoms with Crippen LogP contribution in [0.1, 0.15) is 46.8 Å². The van der Waals surface area contributed by atoms with Crippen molar-refractivity contribution in [1.82, 2.24) is 0 Å². The number of Topliss-reactive ketones (excluding diaryl/α,β-unsaturated/α-hetero) is 1. The molecule has 0 atom stereocenters. The minimum absolute atomic E-state index is 0.166. The highest BCUT2D eigenvalue weighted by Gasteiger charge is 2.09.